The highest BCUT2D eigenvalue weighted by Crippen LogP contribution is 2.29. The molecule has 0 bridgehead atoms. The summed E-state index contributed by atoms with van der Waals surface area (Å²) in [7, 11) is 1.99. The third-order valence-corrected chi connectivity index (χ3v) is 6.20. The van der Waals surface area contributed by atoms with Crippen LogP contribution in [0.25, 0.3) is 21.9 Å². The molecule has 3 rings (SSSR count). The monoisotopic (exact) mass is 455 g/mol. The molecule has 3 aromatic rings. The molecule has 0 amide bonds. The Morgan fingerprint density at radius 2 is 1.62 bits per heavy atom. The molecule has 3 aromatic carbocycles. The summed E-state index contributed by atoms with van der Waals surface area (Å²) in [6.45, 7) is 15.5. The topological polar surface area (TPSA) is 36.1 Å². The van der Waals surface area contributed by atoms with Crippen LogP contribution in [0.3, 0.4) is 0 Å². The molecule has 3 nitrogen and oxygen atoms in total. The minimum Gasteiger partial charge on any atom is -0.389 e. The second-order valence-corrected chi connectivity index (χ2v) is 9.45. The zero-order valence-corrected chi connectivity index (χ0v) is 21.2. The van der Waals surface area contributed by atoms with Crippen molar-refractivity contribution in [2.45, 2.75) is 45.6 Å². The lowest BCUT2D eigenvalue weighted by atomic mass is 9.95. The summed E-state index contributed by atoms with van der Waals surface area (Å²) in [4.78, 5) is 0. The van der Waals surface area contributed by atoms with Crippen LogP contribution in [0.1, 0.15) is 49.8 Å². The Labute approximate surface area is 206 Å². The summed E-state index contributed by atoms with van der Waals surface area (Å²) in [5, 5.41) is 13.0. The van der Waals surface area contributed by atoms with Crippen molar-refractivity contribution in [2.24, 2.45) is 0 Å². The molecule has 0 radical (unpaired) electrons. The molecule has 1 atom stereocenters. The number of nitrogens with one attached hydrogen (secondary N) is 3. The van der Waals surface area contributed by atoms with E-state index >= 15 is 0 Å². The van der Waals surface area contributed by atoms with E-state index < -0.39 is 0 Å². The van der Waals surface area contributed by atoms with E-state index in [2.05, 4.69) is 104 Å². The maximum atomic E-state index is 4.18. The fourth-order valence-corrected chi connectivity index (χ4v) is 4.33. The zero-order valence-electron chi connectivity index (χ0n) is 21.2. The molecule has 1 unspecified atom stereocenters. The maximum absolute atomic E-state index is 4.18. The fourth-order valence-electron chi connectivity index (χ4n) is 4.33. The molecule has 0 fully saturated rings. The molecule has 0 saturated heterocycles. The Kier molecular flexibility index (Phi) is 9.93. The number of aryl methyl sites for hydroxylation is 1. The second kappa shape index (κ2) is 13.1. The minimum atomic E-state index is 0.263. The highest BCUT2D eigenvalue weighted by atomic mass is 14.9. The maximum Gasteiger partial charge on any atom is 0.0357 e. The SMILES string of the molecule is C=C(C)CC(NCCCNC(=C)CCCNC)c1cccc(-c2ccc3cc(C)ccc3c2)c1. The minimum absolute atomic E-state index is 0.263. The van der Waals surface area contributed by atoms with E-state index in [1.165, 1.54) is 38.6 Å². The van der Waals surface area contributed by atoms with Gasteiger partial charge in [0.15, 0.2) is 0 Å². The van der Waals surface area contributed by atoms with Crippen molar-refractivity contribution in [1.82, 2.24) is 16.0 Å². The van der Waals surface area contributed by atoms with Crippen LogP contribution < -0.4 is 16.0 Å². The number of hydrogen-bond donors (Lipinski definition) is 3. The van der Waals surface area contributed by atoms with Crippen LogP contribution in [0.4, 0.5) is 0 Å². The van der Waals surface area contributed by atoms with Gasteiger partial charge in [0.2, 0.25) is 0 Å². The van der Waals surface area contributed by atoms with Gasteiger partial charge in [0.25, 0.3) is 0 Å². The van der Waals surface area contributed by atoms with Crippen molar-refractivity contribution in [3.63, 3.8) is 0 Å². The van der Waals surface area contributed by atoms with Gasteiger partial charge in [-0.3, -0.25) is 0 Å². The molecule has 34 heavy (non-hydrogen) atoms. The molecule has 0 aliphatic rings. The second-order valence-electron chi connectivity index (χ2n) is 9.45. The van der Waals surface area contributed by atoms with Gasteiger partial charge in [-0.25, -0.2) is 0 Å². The summed E-state index contributed by atoms with van der Waals surface area (Å²) in [5.74, 6) is 0. The Morgan fingerprint density at radius 3 is 2.41 bits per heavy atom. The average Bonchev–Trinajstić information content (AvgIpc) is 2.83. The Balaban J connectivity index is 1.63. The summed E-state index contributed by atoms with van der Waals surface area (Å²) >= 11 is 0. The Hall–Kier alpha value is -2.88. The highest BCUT2D eigenvalue weighted by Gasteiger charge is 2.12. The number of fused-ring (bicyclic) bond motifs is 1. The smallest absolute Gasteiger partial charge is 0.0357 e. The average molecular weight is 456 g/mol. The summed E-state index contributed by atoms with van der Waals surface area (Å²) in [6, 6.07) is 22.6. The van der Waals surface area contributed by atoms with Crippen molar-refractivity contribution in [1.29, 1.82) is 0 Å². The van der Waals surface area contributed by atoms with Gasteiger partial charge in [-0.05, 0) is 99.3 Å². The third-order valence-electron chi connectivity index (χ3n) is 6.20. The highest BCUT2D eigenvalue weighted by molar-refractivity contribution is 5.87. The van der Waals surface area contributed by atoms with Crippen molar-refractivity contribution in [2.75, 3.05) is 26.7 Å². The van der Waals surface area contributed by atoms with Crippen LogP contribution in [0, 0.1) is 6.92 Å². The number of benzene rings is 3. The van der Waals surface area contributed by atoms with Crippen LogP contribution in [0.2, 0.25) is 0 Å². The van der Waals surface area contributed by atoms with Gasteiger partial charge < -0.3 is 16.0 Å². The fraction of sp³-hybridized carbons (Fsp3) is 0.355. The van der Waals surface area contributed by atoms with Crippen LogP contribution >= 0.6 is 0 Å². The molecule has 3 heteroatoms. The molecule has 0 spiro atoms. The molecule has 3 N–H and O–H groups in total. The lowest BCUT2D eigenvalue weighted by Crippen LogP contribution is -2.26. The Bertz CT molecular complexity index is 1100. The summed E-state index contributed by atoms with van der Waals surface area (Å²) < 4.78 is 0. The standard InChI is InChI=1S/C31H41N3/c1-23(2)19-31(34-18-8-17-33-25(4)9-7-16-32-5)30-11-6-10-26(22-30)29-15-14-27-20-24(3)12-13-28(27)21-29/h6,10-15,20-22,31-34H,1,4,7-9,16-19H2,2-3,5H3. The first-order valence-corrected chi connectivity index (χ1v) is 12.5. The van der Waals surface area contributed by atoms with Crippen molar-refractivity contribution < 1.29 is 0 Å². The van der Waals surface area contributed by atoms with E-state index in [9.17, 15) is 0 Å². The van der Waals surface area contributed by atoms with Crippen LogP contribution in [-0.2, 0) is 0 Å². The van der Waals surface area contributed by atoms with Gasteiger partial charge in [0.05, 0.1) is 0 Å². The van der Waals surface area contributed by atoms with Gasteiger partial charge in [-0.2, -0.15) is 0 Å². The predicted octanol–water partition coefficient (Wildman–Crippen LogP) is 6.91. The van der Waals surface area contributed by atoms with Crippen molar-refractivity contribution in [3.05, 3.63) is 96.2 Å². The van der Waals surface area contributed by atoms with Crippen LogP contribution in [0.15, 0.2) is 85.1 Å². The van der Waals surface area contributed by atoms with E-state index in [1.807, 2.05) is 7.05 Å². The largest absolute Gasteiger partial charge is 0.389 e. The van der Waals surface area contributed by atoms with E-state index in [1.54, 1.807) is 0 Å². The first kappa shape index (κ1) is 25.7. The number of hydrogen-bond acceptors (Lipinski definition) is 3. The first-order chi connectivity index (χ1) is 16.5. The first-order valence-electron chi connectivity index (χ1n) is 12.5. The lowest BCUT2D eigenvalue weighted by Gasteiger charge is -2.21. The molecule has 0 heterocycles. The van der Waals surface area contributed by atoms with E-state index in [0.29, 0.717) is 0 Å². The van der Waals surface area contributed by atoms with Gasteiger partial charge in [0, 0.05) is 18.3 Å². The lowest BCUT2D eigenvalue weighted by molar-refractivity contribution is 0.513. The Morgan fingerprint density at radius 1 is 0.853 bits per heavy atom. The summed E-state index contributed by atoms with van der Waals surface area (Å²) in [5.41, 5.74) is 7.45. The van der Waals surface area contributed by atoms with E-state index in [0.717, 1.165) is 51.0 Å². The number of rotatable bonds is 14. The van der Waals surface area contributed by atoms with Gasteiger partial charge in [-0.1, -0.05) is 66.2 Å². The third kappa shape index (κ3) is 7.86. The molecule has 0 saturated carbocycles. The van der Waals surface area contributed by atoms with Crippen molar-refractivity contribution >= 4 is 10.8 Å². The molecule has 0 aliphatic carbocycles. The van der Waals surface area contributed by atoms with Gasteiger partial charge in [-0.15, -0.1) is 6.58 Å². The molecular formula is C31H41N3. The van der Waals surface area contributed by atoms with E-state index in [-0.39, 0.29) is 6.04 Å². The quantitative estimate of drug-likeness (QED) is 0.183. The normalized spacial score (nSPS) is 12.0. The molecule has 0 aromatic heterocycles. The predicted molar refractivity (Wildman–Crippen MR) is 149 cm³/mol. The van der Waals surface area contributed by atoms with Crippen LogP contribution in [-0.4, -0.2) is 26.7 Å². The summed E-state index contributed by atoms with van der Waals surface area (Å²) in [6.07, 6.45) is 4.13. The molecule has 180 valence electrons. The van der Waals surface area contributed by atoms with Crippen LogP contribution in [0.5, 0.6) is 0 Å². The number of allylic oxidation sites excluding steroid dienone is 1. The zero-order chi connectivity index (χ0) is 24.3. The van der Waals surface area contributed by atoms with Gasteiger partial charge >= 0.3 is 0 Å². The van der Waals surface area contributed by atoms with E-state index in [4.69, 9.17) is 0 Å². The van der Waals surface area contributed by atoms with Gasteiger partial charge in [0.1, 0.15) is 0 Å². The molecule has 0 aliphatic heterocycles. The molecular weight excluding hydrogens is 414 g/mol. The van der Waals surface area contributed by atoms with Crippen molar-refractivity contribution in [3.8, 4) is 11.1 Å².